The molecule has 2 amide bonds. The molecule has 0 heterocycles. The molecule has 1 rings (SSSR count). The molecule has 140 valence electrons. The second-order valence-corrected chi connectivity index (χ2v) is 5.88. The molecule has 0 spiro atoms. The molecule has 8 heteroatoms. The topological polar surface area (TPSA) is 109 Å². The summed E-state index contributed by atoms with van der Waals surface area (Å²) >= 11 is 0. The third kappa shape index (κ3) is 9.90. The Morgan fingerprint density at radius 1 is 1.12 bits per heavy atom. The molecular weight excluding hydrogens is 433 g/mol. The molecule has 0 fully saturated rings. The number of nitrogens with zero attached hydrogens (tertiary/aromatic N) is 1. The first-order valence-corrected chi connectivity index (χ1v) is 8.02. The van der Waals surface area contributed by atoms with Crippen LogP contribution in [-0.4, -0.2) is 37.9 Å². The number of guanidine groups is 1. The Morgan fingerprint density at radius 3 is 2.28 bits per heavy atom. The minimum absolute atomic E-state index is 0. The van der Waals surface area contributed by atoms with Gasteiger partial charge < -0.3 is 21.7 Å². The van der Waals surface area contributed by atoms with Gasteiger partial charge in [0.05, 0.1) is 6.54 Å². The molecule has 0 radical (unpaired) electrons. The fourth-order valence-electron chi connectivity index (χ4n) is 1.93. The van der Waals surface area contributed by atoms with Crippen LogP contribution < -0.4 is 21.7 Å². The zero-order valence-electron chi connectivity index (χ0n) is 15.0. The SMILES string of the molecule is CN=C(NCCC(C)C)NCc1ccc(C(=O)NCC(N)=O)cc1.I. The van der Waals surface area contributed by atoms with Crippen molar-refractivity contribution in [2.45, 2.75) is 26.8 Å². The maximum absolute atomic E-state index is 11.8. The van der Waals surface area contributed by atoms with Crippen molar-refractivity contribution < 1.29 is 9.59 Å². The third-order valence-corrected chi connectivity index (χ3v) is 3.34. The van der Waals surface area contributed by atoms with E-state index in [4.69, 9.17) is 5.73 Å². The summed E-state index contributed by atoms with van der Waals surface area (Å²) in [6, 6.07) is 7.13. The Labute approximate surface area is 166 Å². The van der Waals surface area contributed by atoms with Crippen LogP contribution in [0.15, 0.2) is 29.3 Å². The number of carbonyl (C=O) groups excluding carboxylic acids is 2. The summed E-state index contributed by atoms with van der Waals surface area (Å²) < 4.78 is 0. The van der Waals surface area contributed by atoms with Crippen LogP contribution >= 0.6 is 24.0 Å². The lowest BCUT2D eigenvalue weighted by Crippen LogP contribution is -2.37. The van der Waals surface area contributed by atoms with E-state index < -0.39 is 5.91 Å². The van der Waals surface area contributed by atoms with Crippen LogP contribution in [0.5, 0.6) is 0 Å². The summed E-state index contributed by atoms with van der Waals surface area (Å²) in [7, 11) is 1.73. The molecule has 25 heavy (non-hydrogen) atoms. The highest BCUT2D eigenvalue weighted by Crippen LogP contribution is 2.04. The van der Waals surface area contributed by atoms with Gasteiger partial charge in [-0.15, -0.1) is 24.0 Å². The van der Waals surface area contributed by atoms with Crippen LogP contribution in [0.4, 0.5) is 0 Å². The Bertz CT molecular complexity index is 573. The first kappa shape index (κ1) is 23.2. The molecule has 0 aliphatic heterocycles. The number of amides is 2. The van der Waals surface area contributed by atoms with Gasteiger partial charge in [0.15, 0.2) is 5.96 Å². The first-order chi connectivity index (χ1) is 11.4. The number of halogens is 1. The van der Waals surface area contributed by atoms with Crippen LogP contribution in [-0.2, 0) is 11.3 Å². The maximum atomic E-state index is 11.8. The number of primary amides is 1. The molecule has 1 aromatic rings. The molecule has 0 bridgehead atoms. The molecule has 1 aromatic carbocycles. The van der Waals surface area contributed by atoms with Crippen molar-refractivity contribution in [1.82, 2.24) is 16.0 Å². The van der Waals surface area contributed by atoms with Gasteiger partial charge >= 0.3 is 0 Å². The average Bonchev–Trinajstić information content (AvgIpc) is 2.55. The molecule has 0 aliphatic carbocycles. The smallest absolute Gasteiger partial charge is 0.251 e. The number of carbonyl (C=O) groups is 2. The zero-order chi connectivity index (χ0) is 17.9. The lowest BCUT2D eigenvalue weighted by molar-refractivity contribution is -0.117. The van der Waals surface area contributed by atoms with E-state index in [0.29, 0.717) is 18.0 Å². The number of hydrogen-bond donors (Lipinski definition) is 4. The summed E-state index contributed by atoms with van der Waals surface area (Å²) in [5.74, 6) is 0.503. The van der Waals surface area contributed by atoms with Crippen molar-refractivity contribution in [1.29, 1.82) is 0 Å². The average molecular weight is 461 g/mol. The Morgan fingerprint density at radius 2 is 1.76 bits per heavy atom. The summed E-state index contributed by atoms with van der Waals surface area (Å²) in [6.45, 7) is 5.67. The van der Waals surface area contributed by atoms with Crippen LogP contribution in [0.2, 0.25) is 0 Å². The number of nitrogens with one attached hydrogen (secondary N) is 3. The van der Waals surface area contributed by atoms with E-state index in [-0.39, 0.29) is 36.4 Å². The second-order valence-electron chi connectivity index (χ2n) is 5.88. The second kappa shape index (κ2) is 12.5. The largest absolute Gasteiger partial charge is 0.368 e. The quantitative estimate of drug-likeness (QED) is 0.265. The van der Waals surface area contributed by atoms with Crippen LogP contribution in [0.3, 0.4) is 0 Å². The van der Waals surface area contributed by atoms with Crippen molar-refractivity contribution in [2.24, 2.45) is 16.6 Å². The highest BCUT2D eigenvalue weighted by atomic mass is 127. The van der Waals surface area contributed by atoms with Gasteiger partial charge in [0.1, 0.15) is 0 Å². The molecule has 7 nitrogen and oxygen atoms in total. The zero-order valence-corrected chi connectivity index (χ0v) is 17.3. The summed E-state index contributed by atoms with van der Waals surface area (Å²) in [4.78, 5) is 26.6. The highest BCUT2D eigenvalue weighted by molar-refractivity contribution is 14.0. The van der Waals surface area contributed by atoms with E-state index >= 15 is 0 Å². The van der Waals surface area contributed by atoms with E-state index in [1.807, 2.05) is 12.1 Å². The summed E-state index contributed by atoms with van der Waals surface area (Å²) in [6.07, 6.45) is 1.08. The molecule has 0 atom stereocenters. The molecular formula is C17H28IN5O2. The minimum Gasteiger partial charge on any atom is -0.368 e. The molecule has 0 aromatic heterocycles. The number of benzene rings is 1. The van der Waals surface area contributed by atoms with Gasteiger partial charge in [0.2, 0.25) is 5.91 Å². The number of nitrogens with two attached hydrogens (primary N) is 1. The van der Waals surface area contributed by atoms with Gasteiger partial charge in [0.25, 0.3) is 5.91 Å². The van der Waals surface area contributed by atoms with E-state index in [0.717, 1.165) is 24.5 Å². The van der Waals surface area contributed by atoms with Crippen LogP contribution in [0.1, 0.15) is 36.2 Å². The van der Waals surface area contributed by atoms with Crippen molar-refractivity contribution in [3.63, 3.8) is 0 Å². The van der Waals surface area contributed by atoms with Crippen LogP contribution in [0, 0.1) is 5.92 Å². The molecule has 0 saturated heterocycles. The van der Waals surface area contributed by atoms with Gasteiger partial charge in [-0.3, -0.25) is 14.6 Å². The van der Waals surface area contributed by atoms with Gasteiger partial charge in [-0.2, -0.15) is 0 Å². The lowest BCUT2D eigenvalue weighted by atomic mass is 10.1. The van der Waals surface area contributed by atoms with Crippen molar-refractivity contribution in [3.05, 3.63) is 35.4 Å². The maximum Gasteiger partial charge on any atom is 0.251 e. The number of aliphatic imine (C=N–C) groups is 1. The highest BCUT2D eigenvalue weighted by Gasteiger charge is 2.06. The number of rotatable bonds is 8. The van der Waals surface area contributed by atoms with Crippen molar-refractivity contribution >= 4 is 41.8 Å². The number of hydrogen-bond acceptors (Lipinski definition) is 3. The summed E-state index contributed by atoms with van der Waals surface area (Å²) in [5, 5.41) is 8.94. The minimum atomic E-state index is -0.569. The monoisotopic (exact) mass is 461 g/mol. The van der Waals surface area contributed by atoms with E-state index in [1.165, 1.54) is 0 Å². The summed E-state index contributed by atoms with van der Waals surface area (Å²) in [5.41, 5.74) is 6.50. The van der Waals surface area contributed by atoms with Crippen molar-refractivity contribution in [2.75, 3.05) is 20.1 Å². The van der Waals surface area contributed by atoms with Gasteiger partial charge in [0, 0.05) is 25.7 Å². The third-order valence-electron chi connectivity index (χ3n) is 3.34. The fraction of sp³-hybridized carbons (Fsp3) is 0.471. The Kier molecular flexibility index (Phi) is 11.6. The molecule has 0 saturated carbocycles. The normalized spacial score (nSPS) is 10.8. The molecule has 5 N–H and O–H groups in total. The van der Waals surface area contributed by atoms with Crippen LogP contribution in [0.25, 0.3) is 0 Å². The Balaban J connectivity index is 0.00000576. The predicted molar refractivity (Wildman–Crippen MR) is 111 cm³/mol. The van der Waals surface area contributed by atoms with Gasteiger partial charge in [-0.05, 0) is 30.0 Å². The molecule has 0 unspecified atom stereocenters. The van der Waals surface area contributed by atoms with Gasteiger partial charge in [-0.1, -0.05) is 26.0 Å². The van der Waals surface area contributed by atoms with E-state index in [2.05, 4.69) is 34.8 Å². The molecule has 0 aliphatic rings. The van der Waals surface area contributed by atoms with Crippen molar-refractivity contribution in [3.8, 4) is 0 Å². The van der Waals surface area contributed by atoms with E-state index in [1.54, 1.807) is 19.2 Å². The fourth-order valence-corrected chi connectivity index (χ4v) is 1.93. The Hall–Kier alpha value is -1.84. The van der Waals surface area contributed by atoms with E-state index in [9.17, 15) is 9.59 Å². The van der Waals surface area contributed by atoms with Gasteiger partial charge in [-0.25, -0.2) is 0 Å². The standard InChI is InChI=1S/C17H27N5O2.HI/c1-12(2)8-9-20-17(19-3)22-10-13-4-6-14(7-5-13)16(24)21-11-15(18)23;/h4-7,12H,8-11H2,1-3H3,(H2,18,23)(H,21,24)(H2,19,20,22);1H. The first-order valence-electron chi connectivity index (χ1n) is 8.02. The lowest BCUT2D eigenvalue weighted by Gasteiger charge is -2.13. The predicted octanol–water partition coefficient (Wildman–Crippen LogP) is 1.23.